The quantitative estimate of drug-likeness (QED) is 0.416. The van der Waals surface area contributed by atoms with E-state index in [0.29, 0.717) is 15.4 Å². The second-order valence-electron chi connectivity index (χ2n) is 6.42. The zero-order valence-corrected chi connectivity index (χ0v) is 18.4. The number of nitrogens with zero attached hydrogens (tertiary/aromatic N) is 1. The van der Waals surface area contributed by atoms with E-state index in [1.54, 1.807) is 28.2 Å². The van der Waals surface area contributed by atoms with E-state index in [4.69, 9.17) is 0 Å². The summed E-state index contributed by atoms with van der Waals surface area (Å²) < 4.78 is 28.2. The van der Waals surface area contributed by atoms with Gasteiger partial charge in [-0.15, -0.1) is 11.8 Å². The van der Waals surface area contributed by atoms with Crippen LogP contribution in [0.2, 0.25) is 0 Å². The maximum absolute atomic E-state index is 13.1. The number of rotatable bonds is 6. The van der Waals surface area contributed by atoms with Crippen LogP contribution in [0.25, 0.3) is 6.08 Å². The number of benzene rings is 2. The van der Waals surface area contributed by atoms with Gasteiger partial charge in [0.2, 0.25) is 10.0 Å². The SMILES string of the molecule is Cc1ccc(S(=O)(=O)N2CC(I)C[C@H]2CS/C=C\c2ccccc2)cc1. The fraction of sp³-hybridized carbons (Fsp3) is 0.300. The van der Waals surface area contributed by atoms with Crippen LogP contribution in [0.4, 0.5) is 0 Å². The highest BCUT2D eigenvalue weighted by Crippen LogP contribution is 2.32. The molecule has 1 aliphatic heterocycles. The van der Waals surface area contributed by atoms with Gasteiger partial charge in [-0.3, -0.25) is 0 Å². The van der Waals surface area contributed by atoms with Crippen LogP contribution in [0.1, 0.15) is 17.5 Å². The third kappa shape index (κ3) is 4.91. The second-order valence-corrected chi connectivity index (χ2v) is 11.0. The standard InChI is InChI=1S/C20H22INO2S2/c1-16-7-9-20(10-8-16)26(23,24)22-14-18(21)13-19(22)15-25-12-11-17-5-3-2-4-6-17/h2-12,18-19H,13-15H2,1H3/b12-11-/t18?,19-/m0/s1. The molecule has 1 heterocycles. The lowest BCUT2D eigenvalue weighted by Gasteiger charge is -2.23. The van der Waals surface area contributed by atoms with Gasteiger partial charge in [-0.05, 0) is 42.5 Å². The van der Waals surface area contributed by atoms with Crippen molar-refractivity contribution in [2.45, 2.75) is 28.2 Å². The molecule has 0 saturated carbocycles. The third-order valence-electron chi connectivity index (χ3n) is 4.39. The van der Waals surface area contributed by atoms with Crippen LogP contribution >= 0.6 is 34.4 Å². The van der Waals surface area contributed by atoms with Gasteiger partial charge in [-0.1, -0.05) is 70.6 Å². The Kier molecular flexibility index (Phi) is 6.82. The number of sulfonamides is 1. The van der Waals surface area contributed by atoms with Crippen LogP contribution in [0.5, 0.6) is 0 Å². The zero-order chi connectivity index (χ0) is 18.6. The molecule has 0 radical (unpaired) electrons. The first kappa shape index (κ1) is 19.9. The highest BCUT2D eigenvalue weighted by molar-refractivity contribution is 14.1. The Morgan fingerprint density at radius 3 is 2.54 bits per heavy atom. The minimum absolute atomic E-state index is 0.0358. The predicted molar refractivity (Wildman–Crippen MR) is 119 cm³/mol. The minimum atomic E-state index is -3.44. The zero-order valence-electron chi connectivity index (χ0n) is 14.6. The van der Waals surface area contributed by atoms with Crippen molar-refractivity contribution in [2.24, 2.45) is 0 Å². The smallest absolute Gasteiger partial charge is 0.207 e. The Balaban J connectivity index is 1.68. The van der Waals surface area contributed by atoms with Gasteiger partial charge in [0, 0.05) is 22.3 Å². The normalized spacial score (nSPS) is 21.5. The van der Waals surface area contributed by atoms with Gasteiger partial charge >= 0.3 is 0 Å². The largest absolute Gasteiger partial charge is 0.243 e. The fourth-order valence-corrected chi connectivity index (χ4v) is 6.94. The molecule has 3 rings (SSSR count). The first-order valence-electron chi connectivity index (χ1n) is 8.52. The van der Waals surface area contributed by atoms with Crippen LogP contribution in [0.15, 0.2) is 64.9 Å². The highest BCUT2D eigenvalue weighted by atomic mass is 127. The molecule has 2 atom stereocenters. The molecule has 0 N–H and O–H groups in total. The van der Waals surface area contributed by atoms with Gasteiger partial charge in [0.25, 0.3) is 0 Å². The van der Waals surface area contributed by atoms with Crippen LogP contribution in [-0.2, 0) is 10.0 Å². The van der Waals surface area contributed by atoms with Crippen molar-refractivity contribution in [3.63, 3.8) is 0 Å². The van der Waals surface area contributed by atoms with E-state index in [0.717, 1.165) is 23.3 Å². The van der Waals surface area contributed by atoms with E-state index in [-0.39, 0.29) is 6.04 Å². The number of hydrogen-bond donors (Lipinski definition) is 0. The molecule has 2 aromatic rings. The Bertz CT molecular complexity index is 851. The predicted octanol–water partition coefficient (Wildman–Crippen LogP) is 4.97. The molecule has 6 heteroatoms. The van der Waals surface area contributed by atoms with Crippen LogP contribution < -0.4 is 0 Å². The molecule has 1 saturated heterocycles. The molecule has 1 fully saturated rings. The van der Waals surface area contributed by atoms with Gasteiger partial charge in [-0.2, -0.15) is 4.31 Å². The second kappa shape index (κ2) is 8.91. The maximum Gasteiger partial charge on any atom is 0.243 e. The molecule has 0 aromatic heterocycles. The number of hydrogen-bond acceptors (Lipinski definition) is 3. The van der Waals surface area contributed by atoms with E-state index in [1.807, 2.05) is 37.3 Å². The molecule has 0 amide bonds. The maximum atomic E-state index is 13.1. The van der Waals surface area contributed by atoms with Crippen molar-refractivity contribution in [2.75, 3.05) is 12.3 Å². The molecule has 138 valence electrons. The van der Waals surface area contributed by atoms with E-state index in [2.05, 4.69) is 46.2 Å². The monoisotopic (exact) mass is 499 g/mol. The summed E-state index contributed by atoms with van der Waals surface area (Å²) in [6, 6.07) is 17.3. The molecule has 26 heavy (non-hydrogen) atoms. The first-order chi connectivity index (χ1) is 12.5. The molecule has 0 spiro atoms. The summed E-state index contributed by atoms with van der Waals surface area (Å²) >= 11 is 4.04. The average Bonchev–Trinajstić information content (AvgIpc) is 3.01. The minimum Gasteiger partial charge on any atom is -0.207 e. The molecule has 0 aliphatic carbocycles. The van der Waals surface area contributed by atoms with Gasteiger partial charge < -0.3 is 0 Å². The summed E-state index contributed by atoms with van der Waals surface area (Å²) in [7, 11) is -3.44. The summed E-state index contributed by atoms with van der Waals surface area (Å²) in [6.45, 7) is 2.55. The Hall–Kier alpha value is -0.830. The van der Waals surface area contributed by atoms with Gasteiger partial charge in [0.1, 0.15) is 0 Å². The summed E-state index contributed by atoms with van der Waals surface area (Å²) in [5.74, 6) is 0.772. The van der Waals surface area contributed by atoms with E-state index in [9.17, 15) is 8.42 Å². The number of alkyl halides is 1. The van der Waals surface area contributed by atoms with E-state index < -0.39 is 10.0 Å². The molecule has 0 bridgehead atoms. The fourth-order valence-electron chi connectivity index (χ4n) is 2.98. The Morgan fingerprint density at radius 2 is 1.85 bits per heavy atom. The van der Waals surface area contributed by atoms with Crippen LogP contribution in [0.3, 0.4) is 0 Å². The number of thioether (sulfide) groups is 1. The lowest BCUT2D eigenvalue weighted by molar-refractivity contribution is 0.413. The summed E-state index contributed by atoms with van der Waals surface area (Å²) in [4.78, 5) is 0.392. The summed E-state index contributed by atoms with van der Waals surface area (Å²) in [6.07, 6.45) is 2.97. The molecule has 2 aromatic carbocycles. The highest BCUT2D eigenvalue weighted by Gasteiger charge is 2.38. The van der Waals surface area contributed by atoms with Gasteiger partial charge in [0.15, 0.2) is 0 Å². The Labute approximate surface area is 174 Å². The van der Waals surface area contributed by atoms with E-state index >= 15 is 0 Å². The summed E-state index contributed by atoms with van der Waals surface area (Å²) in [5.41, 5.74) is 2.22. The van der Waals surface area contributed by atoms with Crippen LogP contribution in [-0.4, -0.2) is 35.0 Å². The van der Waals surface area contributed by atoms with E-state index in [1.165, 1.54) is 0 Å². The van der Waals surface area contributed by atoms with Crippen molar-refractivity contribution in [3.05, 3.63) is 71.1 Å². The first-order valence-corrected chi connectivity index (χ1v) is 12.3. The number of halogens is 1. The molecular weight excluding hydrogens is 477 g/mol. The van der Waals surface area contributed by atoms with Crippen molar-refractivity contribution < 1.29 is 8.42 Å². The van der Waals surface area contributed by atoms with Gasteiger partial charge in [-0.25, -0.2) is 8.42 Å². The van der Waals surface area contributed by atoms with Crippen molar-refractivity contribution in [1.82, 2.24) is 4.31 Å². The lowest BCUT2D eigenvalue weighted by Crippen LogP contribution is -2.37. The van der Waals surface area contributed by atoms with Gasteiger partial charge in [0.05, 0.1) is 4.90 Å². The van der Waals surface area contributed by atoms with Crippen LogP contribution in [0, 0.1) is 6.92 Å². The molecular formula is C20H22INO2S2. The third-order valence-corrected chi connectivity index (χ3v) is 8.13. The summed E-state index contributed by atoms with van der Waals surface area (Å²) in [5, 5.41) is 2.06. The number of aryl methyl sites for hydroxylation is 1. The van der Waals surface area contributed by atoms with Crippen molar-refractivity contribution in [3.8, 4) is 0 Å². The topological polar surface area (TPSA) is 37.4 Å². The molecule has 1 aliphatic rings. The van der Waals surface area contributed by atoms with Crippen molar-refractivity contribution >= 4 is 50.5 Å². The Morgan fingerprint density at radius 1 is 1.15 bits per heavy atom. The van der Waals surface area contributed by atoms with Crippen molar-refractivity contribution in [1.29, 1.82) is 0 Å². The lowest BCUT2D eigenvalue weighted by atomic mass is 10.2. The molecule has 3 nitrogen and oxygen atoms in total. The molecule has 1 unspecified atom stereocenters. The average molecular weight is 499 g/mol.